The van der Waals surface area contributed by atoms with E-state index in [-0.39, 0.29) is 11.0 Å². The van der Waals surface area contributed by atoms with Crippen molar-refractivity contribution in [1.82, 2.24) is 0 Å². The van der Waals surface area contributed by atoms with Gasteiger partial charge in [0, 0.05) is 10.8 Å². The van der Waals surface area contributed by atoms with Crippen molar-refractivity contribution in [1.29, 1.82) is 0 Å². The minimum Gasteiger partial charge on any atom is -0.481 e. The molecular formula is C17H18O3S. The molecule has 0 amide bonds. The van der Waals surface area contributed by atoms with Crippen LogP contribution in [-0.4, -0.2) is 21.0 Å². The molecule has 0 aromatic heterocycles. The van der Waals surface area contributed by atoms with Crippen LogP contribution in [0.2, 0.25) is 0 Å². The Morgan fingerprint density at radius 3 is 2.00 bits per heavy atom. The normalized spacial score (nSPS) is 13.6. The van der Waals surface area contributed by atoms with Gasteiger partial charge in [0.2, 0.25) is 0 Å². The van der Waals surface area contributed by atoms with Gasteiger partial charge in [0.25, 0.3) is 0 Å². The molecule has 0 bridgehead atoms. The van der Waals surface area contributed by atoms with E-state index in [4.69, 9.17) is 5.11 Å². The fourth-order valence-corrected chi connectivity index (χ4v) is 3.05. The van der Waals surface area contributed by atoms with E-state index < -0.39 is 16.8 Å². The molecule has 21 heavy (non-hydrogen) atoms. The van der Waals surface area contributed by atoms with Gasteiger partial charge in [-0.1, -0.05) is 54.1 Å². The number of hydrogen-bond acceptors (Lipinski definition) is 2. The van der Waals surface area contributed by atoms with Gasteiger partial charge in [-0.15, -0.1) is 0 Å². The van der Waals surface area contributed by atoms with Gasteiger partial charge >= 0.3 is 5.97 Å². The number of carboxylic acid groups (broad SMARTS) is 1. The Morgan fingerprint density at radius 1 is 1.05 bits per heavy atom. The molecular weight excluding hydrogens is 284 g/mol. The molecule has 0 aliphatic carbocycles. The maximum atomic E-state index is 11.9. The van der Waals surface area contributed by atoms with Crippen LogP contribution in [0.1, 0.15) is 23.3 Å². The van der Waals surface area contributed by atoms with Crippen molar-refractivity contribution in [3.05, 3.63) is 59.7 Å². The average molecular weight is 302 g/mol. The molecule has 2 unspecified atom stereocenters. The topological polar surface area (TPSA) is 54.4 Å². The number of carboxylic acids is 1. The molecule has 4 heteroatoms. The fourth-order valence-electron chi connectivity index (χ4n) is 2.09. The van der Waals surface area contributed by atoms with E-state index in [1.807, 2.05) is 31.2 Å². The molecule has 3 nitrogen and oxygen atoms in total. The second-order valence-corrected chi connectivity index (χ2v) is 6.81. The molecule has 0 fully saturated rings. The molecule has 110 valence electrons. The van der Waals surface area contributed by atoms with Gasteiger partial charge in [0.1, 0.15) is 5.75 Å². The Morgan fingerprint density at radius 2 is 1.52 bits per heavy atom. The lowest BCUT2D eigenvalue weighted by Gasteiger charge is -2.11. The molecule has 2 aromatic rings. The van der Waals surface area contributed by atoms with E-state index in [0.29, 0.717) is 0 Å². The maximum Gasteiger partial charge on any atom is 0.316 e. The summed E-state index contributed by atoms with van der Waals surface area (Å²) >= 11 is 0. The molecule has 1 N–H and O–H groups in total. The zero-order valence-corrected chi connectivity index (χ0v) is 12.9. The number of carbonyl (C=O) groups is 1. The number of hydrogen-bond donors (Lipinski definition) is 1. The predicted octanol–water partition coefficient (Wildman–Crippen LogP) is 3.56. The van der Waals surface area contributed by atoms with Crippen molar-refractivity contribution in [2.24, 2.45) is 0 Å². The zero-order chi connectivity index (χ0) is 15.4. The van der Waals surface area contributed by atoms with E-state index in [9.17, 15) is 9.00 Å². The standard InChI is InChI=1S/C17H18O3S/c1-12-3-5-15(6-4-12)16-9-7-14(8-10-16)13(2)21(20)11-17(18)19/h3-10,13H,11H2,1-2H3,(H,18,19). The Hall–Kier alpha value is -1.94. The van der Waals surface area contributed by atoms with Crippen molar-refractivity contribution in [2.75, 3.05) is 5.75 Å². The zero-order valence-electron chi connectivity index (χ0n) is 12.1. The van der Waals surface area contributed by atoms with E-state index in [0.717, 1.165) is 16.7 Å². The van der Waals surface area contributed by atoms with Gasteiger partial charge in [0.15, 0.2) is 0 Å². The summed E-state index contributed by atoms with van der Waals surface area (Å²) in [6.07, 6.45) is 0. The third-order valence-corrected chi connectivity index (χ3v) is 5.02. The van der Waals surface area contributed by atoms with Crippen LogP contribution < -0.4 is 0 Å². The second-order valence-electron chi connectivity index (χ2n) is 5.05. The summed E-state index contributed by atoms with van der Waals surface area (Å²) in [5.41, 5.74) is 4.33. The quantitative estimate of drug-likeness (QED) is 0.919. The molecule has 0 saturated heterocycles. The Kier molecular flexibility index (Phi) is 4.91. The number of benzene rings is 2. The summed E-state index contributed by atoms with van der Waals surface area (Å²) in [5, 5.41) is 8.42. The lowest BCUT2D eigenvalue weighted by Crippen LogP contribution is -2.14. The molecule has 2 aromatic carbocycles. The van der Waals surface area contributed by atoms with Gasteiger partial charge < -0.3 is 5.11 Å². The Bertz CT molecular complexity index is 645. The average Bonchev–Trinajstić information content (AvgIpc) is 2.47. The fraction of sp³-hybridized carbons (Fsp3) is 0.235. The minimum absolute atomic E-state index is 0.284. The summed E-state index contributed by atoms with van der Waals surface area (Å²) in [6.45, 7) is 3.84. The minimum atomic E-state index is -1.40. The monoisotopic (exact) mass is 302 g/mol. The predicted molar refractivity (Wildman–Crippen MR) is 85.7 cm³/mol. The van der Waals surface area contributed by atoms with E-state index >= 15 is 0 Å². The molecule has 0 spiro atoms. The molecule has 0 radical (unpaired) electrons. The Balaban J connectivity index is 2.17. The van der Waals surface area contributed by atoms with Crippen LogP contribution in [0.25, 0.3) is 11.1 Å². The van der Waals surface area contributed by atoms with Crippen molar-refractivity contribution >= 4 is 16.8 Å². The molecule has 2 rings (SSSR count). The number of aliphatic carboxylic acids is 1. The lowest BCUT2D eigenvalue weighted by molar-refractivity contribution is -0.133. The van der Waals surface area contributed by atoms with Crippen LogP contribution in [0.3, 0.4) is 0 Å². The molecule has 0 heterocycles. The van der Waals surface area contributed by atoms with Crippen molar-refractivity contribution in [2.45, 2.75) is 19.1 Å². The molecule has 0 aliphatic rings. The van der Waals surface area contributed by atoms with Gasteiger partial charge in [0.05, 0.1) is 5.25 Å². The van der Waals surface area contributed by atoms with E-state index in [1.54, 1.807) is 6.92 Å². The van der Waals surface area contributed by atoms with Crippen LogP contribution in [0, 0.1) is 6.92 Å². The van der Waals surface area contributed by atoms with E-state index in [2.05, 4.69) is 24.3 Å². The highest BCUT2D eigenvalue weighted by Gasteiger charge is 2.16. The summed E-state index contributed by atoms with van der Waals surface area (Å²) in [4.78, 5) is 10.6. The highest BCUT2D eigenvalue weighted by atomic mass is 32.2. The summed E-state index contributed by atoms with van der Waals surface area (Å²) in [7, 11) is -1.40. The first-order chi connectivity index (χ1) is 9.97. The van der Waals surface area contributed by atoms with Gasteiger partial charge in [-0.2, -0.15) is 0 Å². The molecule has 0 aliphatic heterocycles. The third kappa shape index (κ3) is 4.02. The van der Waals surface area contributed by atoms with Gasteiger partial charge in [-0.25, -0.2) is 0 Å². The van der Waals surface area contributed by atoms with Crippen LogP contribution in [0.4, 0.5) is 0 Å². The van der Waals surface area contributed by atoms with Crippen LogP contribution in [0.15, 0.2) is 48.5 Å². The summed E-state index contributed by atoms with van der Waals surface area (Å²) < 4.78 is 11.9. The lowest BCUT2D eigenvalue weighted by atomic mass is 10.0. The van der Waals surface area contributed by atoms with Crippen molar-refractivity contribution in [3.63, 3.8) is 0 Å². The SMILES string of the molecule is Cc1ccc(-c2ccc(C(C)S(=O)CC(=O)O)cc2)cc1. The van der Waals surface area contributed by atoms with Crippen molar-refractivity contribution in [3.8, 4) is 11.1 Å². The largest absolute Gasteiger partial charge is 0.481 e. The highest BCUT2D eigenvalue weighted by molar-refractivity contribution is 7.85. The van der Waals surface area contributed by atoms with Crippen molar-refractivity contribution < 1.29 is 14.1 Å². The van der Waals surface area contributed by atoms with Crippen LogP contribution >= 0.6 is 0 Å². The number of rotatable bonds is 5. The first kappa shape index (κ1) is 15.4. The van der Waals surface area contributed by atoms with Gasteiger partial charge in [-0.05, 0) is 30.5 Å². The summed E-state index contributed by atoms with van der Waals surface area (Å²) in [6, 6.07) is 16.1. The smallest absolute Gasteiger partial charge is 0.316 e. The van der Waals surface area contributed by atoms with Crippen LogP contribution in [0.5, 0.6) is 0 Å². The summed E-state index contributed by atoms with van der Waals surface area (Å²) in [5.74, 6) is -1.35. The second kappa shape index (κ2) is 6.68. The van der Waals surface area contributed by atoms with Crippen LogP contribution in [-0.2, 0) is 15.6 Å². The molecule has 2 atom stereocenters. The third-order valence-electron chi connectivity index (χ3n) is 3.43. The van der Waals surface area contributed by atoms with Gasteiger partial charge in [-0.3, -0.25) is 9.00 Å². The maximum absolute atomic E-state index is 11.9. The van der Waals surface area contributed by atoms with E-state index in [1.165, 1.54) is 5.56 Å². The number of aryl methyl sites for hydroxylation is 1. The highest BCUT2D eigenvalue weighted by Crippen LogP contribution is 2.24. The molecule has 0 saturated carbocycles. The first-order valence-corrected chi connectivity index (χ1v) is 8.11. The Labute approximate surface area is 127 Å². The first-order valence-electron chi connectivity index (χ1n) is 6.73.